The third kappa shape index (κ3) is 5.07. The van der Waals surface area contributed by atoms with Gasteiger partial charge >= 0.3 is 5.69 Å². The summed E-state index contributed by atoms with van der Waals surface area (Å²) < 4.78 is 55.9. The lowest BCUT2D eigenvalue weighted by molar-refractivity contribution is 0.214. The minimum absolute atomic E-state index is 0.0593. The summed E-state index contributed by atoms with van der Waals surface area (Å²) in [5.41, 5.74) is 2.13. The normalized spacial score (nSPS) is 12.6. The third-order valence-corrected chi connectivity index (χ3v) is 6.14. The lowest BCUT2D eigenvalue weighted by Gasteiger charge is -2.22. The maximum absolute atomic E-state index is 14.7. The van der Waals surface area contributed by atoms with Gasteiger partial charge in [-0.05, 0) is 62.6 Å². The minimum atomic E-state index is -1.66. The van der Waals surface area contributed by atoms with Crippen molar-refractivity contribution in [1.82, 2.24) is 14.5 Å². The molecular weight excluding hydrogens is 483 g/mol. The van der Waals surface area contributed by atoms with Crippen LogP contribution >= 0.6 is 0 Å². The summed E-state index contributed by atoms with van der Waals surface area (Å²) in [4.78, 5) is 20.5. The quantitative estimate of drug-likeness (QED) is 0.319. The fourth-order valence-electron chi connectivity index (χ4n) is 4.27. The number of alkyl halides is 1. The van der Waals surface area contributed by atoms with Crippen molar-refractivity contribution in [3.63, 3.8) is 0 Å². The van der Waals surface area contributed by atoms with E-state index in [0.717, 1.165) is 35.2 Å². The standard InChI is InChI=1S/C28H24F3N3O3/c1-16-4-6-20-18(10-16)8-9-34-23(20)13-25(33-27(34)35)36-15-17-11-21(29)26(22(30)12-17)37-19-5-7-24(32-14-19)28(2,3)31/h4-7,10-14H,8-9,15H2,1-3H3. The smallest absolute Gasteiger partial charge is 0.351 e. The zero-order valence-electron chi connectivity index (χ0n) is 20.5. The van der Waals surface area contributed by atoms with Gasteiger partial charge in [-0.3, -0.25) is 9.55 Å². The molecule has 5 rings (SSSR count). The van der Waals surface area contributed by atoms with E-state index in [4.69, 9.17) is 9.47 Å². The molecule has 6 nitrogen and oxygen atoms in total. The van der Waals surface area contributed by atoms with Gasteiger partial charge in [0, 0.05) is 18.2 Å². The van der Waals surface area contributed by atoms with Crippen molar-refractivity contribution in [2.45, 2.75) is 46.0 Å². The SMILES string of the molecule is Cc1ccc2c(c1)CCn1c-2cc(OCc2cc(F)c(Oc3ccc(C(C)(C)F)nc3)c(F)c2)nc1=O. The Morgan fingerprint density at radius 3 is 2.49 bits per heavy atom. The van der Waals surface area contributed by atoms with Crippen molar-refractivity contribution in [2.24, 2.45) is 0 Å². The molecule has 0 atom stereocenters. The first-order valence-electron chi connectivity index (χ1n) is 11.7. The highest BCUT2D eigenvalue weighted by molar-refractivity contribution is 5.67. The number of aromatic nitrogens is 3. The fourth-order valence-corrected chi connectivity index (χ4v) is 4.27. The second-order valence-electron chi connectivity index (χ2n) is 9.46. The zero-order chi connectivity index (χ0) is 26.3. The molecule has 0 spiro atoms. The number of fused-ring (bicyclic) bond motifs is 3. The van der Waals surface area contributed by atoms with E-state index in [1.165, 1.54) is 32.2 Å². The lowest BCUT2D eigenvalue weighted by Crippen LogP contribution is -2.28. The molecule has 0 fully saturated rings. The number of pyridine rings is 1. The van der Waals surface area contributed by atoms with Crippen LogP contribution in [0.25, 0.3) is 11.3 Å². The van der Waals surface area contributed by atoms with Crippen molar-refractivity contribution in [1.29, 1.82) is 0 Å². The molecule has 1 aliphatic heterocycles. The average Bonchev–Trinajstić information content (AvgIpc) is 2.84. The fraction of sp³-hybridized carbons (Fsp3) is 0.250. The summed E-state index contributed by atoms with van der Waals surface area (Å²) in [6.07, 6.45) is 1.93. The van der Waals surface area contributed by atoms with Gasteiger partial charge in [0.05, 0.1) is 17.6 Å². The topological polar surface area (TPSA) is 66.2 Å². The number of nitrogens with zero attached hydrogens (tertiary/aromatic N) is 3. The second kappa shape index (κ2) is 9.38. The van der Waals surface area contributed by atoms with Gasteiger partial charge in [-0.2, -0.15) is 4.98 Å². The number of hydrogen-bond acceptors (Lipinski definition) is 5. The lowest BCUT2D eigenvalue weighted by atomic mass is 9.96. The first-order valence-corrected chi connectivity index (χ1v) is 11.7. The van der Waals surface area contributed by atoms with Crippen LogP contribution in [0.1, 0.15) is 36.2 Å². The summed E-state index contributed by atoms with van der Waals surface area (Å²) in [5, 5.41) is 0. The molecule has 0 bridgehead atoms. The summed E-state index contributed by atoms with van der Waals surface area (Å²) in [7, 11) is 0. The Kier molecular flexibility index (Phi) is 6.23. The molecule has 37 heavy (non-hydrogen) atoms. The van der Waals surface area contributed by atoms with Crippen LogP contribution in [0.15, 0.2) is 59.5 Å². The maximum Gasteiger partial charge on any atom is 0.351 e. The molecule has 0 saturated heterocycles. The monoisotopic (exact) mass is 507 g/mol. The number of rotatable bonds is 6. The van der Waals surface area contributed by atoms with Gasteiger partial charge in [-0.15, -0.1) is 0 Å². The van der Waals surface area contributed by atoms with E-state index in [-0.39, 0.29) is 29.5 Å². The Morgan fingerprint density at radius 2 is 1.81 bits per heavy atom. The Bertz CT molecular complexity index is 1520. The molecule has 0 amide bonds. The van der Waals surface area contributed by atoms with E-state index in [9.17, 15) is 18.0 Å². The van der Waals surface area contributed by atoms with E-state index in [1.807, 2.05) is 19.1 Å². The molecule has 0 radical (unpaired) electrons. The molecule has 9 heteroatoms. The summed E-state index contributed by atoms with van der Waals surface area (Å²) in [6.45, 7) is 5.02. The molecule has 190 valence electrons. The van der Waals surface area contributed by atoms with Crippen molar-refractivity contribution < 1.29 is 22.6 Å². The first-order chi connectivity index (χ1) is 17.6. The molecule has 0 saturated carbocycles. The molecule has 0 aliphatic carbocycles. The number of halogens is 3. The van der Waals surface area contributed by atoms with E-state index in [1.54, 1.807) is 10.6 Å². The van der Waals surface area contributed by atoms with Gasteiger partial charge in [0.2, 0.25) is 5.88 Å². The van der Waals surface area contributed by atoms with Gasteiger partial charge in [-0.25, -0.2) is 18.0 Å². The Labute approximate surface area is 211 Å². The van der Waals surface area contributed by atoms with Gasteiger partial charge in [-0.1, -0.05) is 23.8 Å². The van der Waals surface area contributed by atoms with Crippen LogP contribution in [0.4, 0.5) is 13.2 Å². The maximum atomic E-state index is 14.7. The molecule has 0 N–H and O–H groups in total. The highest BCUT2D eigenvalue weighted by atomic mass is 19.1. The molecular formula is C28H24F3N3O3. The van der Waals surface area contributed by atoms with Crippen LogP contribution in [-0.2, 0) is 25.2 Å². The van der Waals surface area contributed by atoms with E-state index < -0.39 is 28.7 Å². The second-order valence-corrected chi connectivity index (χ2v) is 9.46. The minimum Gasteiger partial charge on any atom is -0.473 e. The van der Waals surface area contributed by atoms with E-state index >= 15 is 0 Å². The summed E-state index contributed by atoms with van der Waals surface area (Å²) in [6, 6.07) is 12.6. The van der Waals surface area contributed by atoms with E-state index in [0.29, 0.717) is 12.2 Å². The van der Waals surface area contributed by atoms with Crippen LogP contribution < -0.4 is 15.2 Å². The average molecular weight is 508 g/mol. The molecule has 2 aromatic carbocycles. The third-order valence-electron chi connectivity index (χ3n) is 6.14. The highest BCUT2D eigenvalue weighted by Gasteiger charge is 2.22. The van der Waals surface area contributed by atoms with Crippen LogP contribution in [0.3, 0.4) is 0 Å². The van der Waals surface area contributed by atoms with Gasteiger partial charge in [0.25, 0.3) is 0 Å². The predicted octanol–water partition coefficient (Wildman–Crippen LogP) is 6.02. The molecule has 2 aromatic heterocycles. The van der Waals surface area contributed by atoms with Crippen molar-refractivity contribution in [2.75, 3.05) is 0 Å². The van der Waals surface area contributed by atoms with Gasteiger partial charge in [0.15, 0.2) is 17.4 Å². The number of ether oxygens (including phenoxy) is 2. The summed E-state index contributed by atoms with van der Waals surface area (Å²) in [5.74, 6) is -2.39. The largest absolute Gasteiger partial charge is 0.473 e. The van der Waals surface area contributed by atoms with Crippen LogP contribution in [0, 0.1) is 18.6 Å². The van der Waals surface area contributed by atoms with Crippen LogP contribution in [0.5, 0.6) is 17.4 Å². The molecule has 1 aliphatic rings. The van der Waals surface area contributed by atoms with Crippen LogP contribution in [-0.4, -0.2) is 14.5 Å². The molecule has 4 aromatic rings. The number of benzene rings is 2. The zero-order valence-corrected chi connectivity index (χ0v) is 20.5. The highest BCUT2D eigenvalue weighted by Crippen LogP contribution is 2.32. The number of hydrogen-bond donors (Lipinski definition) is 0. The Balaban J connectivity index is 1.34. The predicted molar refractivity (Wildman–Crippen MR) is 132 cm³/mol. The summed E-state index contributed by atoms with van der Waals surface area (Å²) >= 11 is 0. The Morgan fingerprint density at radius 1 is 1.05 bits per heavy atom. The van der Waals surface area contributed by atoms with Gasteiger partial charge < -0.3 is 9.47 Å². The van der Waals surface area contributed by atoms with Crippen molar-refractivity contribution >= 4 is 0 Å². The first kappa shape index (κ1) is 24.5. The van der Waals surface area contributed by atoms with Crippen molar-refractivity contribution in [3.8, 4) is 28.6 Å². The van der Waals surface area contributed by atoms with E-state index in [2.05, 4.69) is 16.0 Å². The Hall–Kier alpha value is -4.14. The van der Waals surface area contributed by atoms with Crippen molar-refractivity contribution in [3.05, 3.63) is 99.2 Å². The number of aryl methyl sites for hydroxylation is 2. The molecule has 0 unspecified atom stereocenters. The van der Waals surface area contributed by atoms with Crippen LogP contribution in [0.2, 0.25) is 0 Å². The molecule has 3 heterocycles. The van der Waals surface area contributed by atoms with Gasteiger partial charge in [0.1, 0.15) is 18.0 Å².